The van der Waals surface area contributed by atoms with Crippen LogP contribution in [0.25, 0.3) is 11.2 Å². The molecule has 14 heavy (non-hydrogen) atoms. The largest absolute Gasteiger partial charge is 0.369 e. The Hall–Kier alpha value is -1.58. The predicted octanol–water partition coefficient (Wildman–Crippen LogP) is 1.59. The van der Waals surface area contributed by atoms with Gasteiger partial charge in [-0.2, -0.15) is 0 Å². The SMILES string of the molecule is CC1CC1n1c(N)nc2cccnc21. The molecule has 2 N–H and O–H groups in total. The van der Waals surface area contributed by atoms with Gasteiger partial charge < -0.3 is 5.73 Å². The minimum absolute atomic E-state index is 0.509. The molecule has 0 spiro atoms. The molecule has 0 saturated heterocycles. The Labute approximate surface area is 81.8 Å². The van der Waals surface area contributed by atoms with Crippen LogP contribution in [0, 0.1) is 5.92 Å². The molecule has 1 saturated carbocycles. The molecule has 2 aromatic heterocycles. The number of rotatable bonds is 1. The van der Waals surface area contributed by atoms with Crippen LogP contribution >= 0.6 is 0 Å². The number of anilines is 1. The van der Waals surface area contributed by atoms with Gasteiger partial charge in [0, 0.05) is 12.2 Å². The second-order valence-electron chi connectivity index (χ2n) is 3.97. The van der Waals surface area contributed by atoms with E-state index in [2.05, 4.69) is 21.5 Å². The van der Waals surface area contributed by atoms with Crippen LogP contribution < -0.4 is 5.73 Å². The Kier molecular flexibility index (Phi) is 1.37. The lowest BCUT2D eigenvalue weighted by Gasteiger charge is -2.02. The highest BCUT2D eigenvalue weighted by atomic mass is 15.2. The van der Waals surface area contributed by atoms with E-state index in [1.54, 1.807) is 6.20 Å². The summed E-state index contributed by atoms with van der Waals surface area (Å²) < 4.78 is 2.06. The first-order chi connectivity index (χ1) is 6.77. The molecule has 2 heterocycles. The van der Waals surface area contributed by atoms with Crippen molar-refractivity contribution in [2.45, 2.75) is 19.4 Å². The van der Waals surface area contributed by atoms with Crippen molar-refractivity contribution < 1.29 is 0 Å². The van der Waals surface area contributed by atoms with E-state index in [1.807, 2.05) is 12.1 Å². The maximum absolute atomic E-state index is 5.87. The highest BCUT2D eigenvalue weighted by molar-refractivity contribution is 5.74. The molecule has 4 nitrogen and oxygen atoms in total. The van der Waals surface area contributed by atoms with Gasteiger partial charge in [-0.05, 0) is 24.5 Å². The van der Waals surface area contributed by atoms with Gasteiger partial charge in [-0.3, -0.25) is 4.57 Å². The van der Waals surface area contributed by atoms with E-state index < -0.39 is 0 Å². The van der Waals surface area contributed by atoms with Crippen LogP contribution in [-0.2, 0) is 0 Å². The molecule has 2 unspecified atom stereocenters. The van der Waals surface area contributed by atoms with Crippen LogP contribution in [-0.4, -0.2) is 14.5 Å². The van der Waals surface area contributed by atoms with Crippen molar-refractivity contribution in [3.8, 4) is 0 Å². The summed E-state index contributed by atoms with van der Waals surface area (Å²) in [6.45, 7) is 2.22. The molecule has 2 aromatic rings. The fraction of sp³-hybridized carbons (Fsp3) is 0.400. The first-order valence-corrected chi connectivity index (χ1v) is 4.86. The highest BCUT2D eigenvalue weighted by Gasteiger charge is 2.36. The number of nitrogen functional groups attached to an aromatic ring is 1. The minimum atomic E-state index is 0.509. The second-order valence-corrected chi connectivity index (χ2v) is 3.97. The summed E-state index contributed by atoms with van der Waals surface area (Å²) >= 11 is 0. The Morgan fingerprint density at radius 3 is 3.07 bits per heavy atom. The summed E-state index contributed by atoms with van der Waals surface area (Å²) in [5, 5.41) is 0. The Morgan fingerprint density at radius 1 is 1.57 bits per heavy atom. The van der Waals surface area contributed by atoms with Crippen LogP contribution in [0.5, 0.6) is 0 Å². The zero-order chi connectivity index (χ0) is 9.71. The molecular formula is C10H12N4. The number of pyridine rings is 1. The van der Waals surface area contributed by atoms with Crippen molar-refractivity contribution in [2.24, 2.45) is 5.92 Å². The monoisotopic (exact) mass is 188 g/mol. The fourth-order valence-corrected chi connectivity index (χ4v) is 1.94. The van der Waals surface area contributed by atoms with E-state index in [9.17, 15) is 0 Å². The third-order valence-corrected chi connectivity index (χ3v) is 2.87. The van der Waals surface area contributed by atoms with E-state index in [1.165, 1.54) is 6.42 Å². The van der Waals surface area contributed by atoms with Crippen molar-refractivity contribution >= 4 is 17.1 Å². The average molecular weight is 188 g/mol. The molecule has 0 radical (unpaired) electrons. The third kappa shape index (κ3) is 0.937. The van der Waals surface area contributed by atoms with Crippen molar-refractivity contribution in [1.82, 2.24) is 14.5 Å². The van der Waals surface area contributed by atoms with Gasteiger partial charge in [-0.25, -0.2) is 9.97 Å². The van der Waals surface area contributed by atoms with E-state index in [4.69, 9.17) is 5.73 Å². The molecule has 4 heteroatoms. The van der Waals surface area contributed by atoms with Gasteiger partial charge in [0.2, 0.25) is 5.95 Å². The number of nitrogens with zero attached hydrogens (tertiary/aromatic N) is 3. The van der Waals surface area contributed by atoms with Gasteiger partial charge in [-0.1, -0.05) is 6.92 Å². The fourth-order valence-electron chi connectivity index (χ4n) is 1.94. The standard InChI is InChI=1S/C10H12N4/c1-6-5-8(6)14-9-7(13-10(14)11)3-2-4-12-9/h2-4,6,8H,5H2,1H3,(H2,11,13). The lowest BCUT2D eigenvalue weighted by atomic mass is 10.4. The van der Waals surface area contributed by atoms with Gasteiger partial charge in [0.1, 0.15) is 5.52 Å². The van der Waals surface area contributed by atoms with Crippen LogP contribution in [0.3, 0.4) is 0 Å². The number of hydrogen-bond donors (Lipinski definition) is 1. The molecule has 1 aliphatic rings. The van der Waals surface area contributed by atoms with Crippen molar-refractivity contribution in [2.75, 3.05) is 5.73 Å². The number of hydrogen-bond acceptors (Lipinski definition) is 3. The topological polar surface area (TPSA) is 56.7 Å². The molecule has 1 aliphatic carbocycles. The van der Waals surface area contributed by atoms with E-state index >= 15 is 0 Å². The zero-order valence-electron chi connectivity index (χ0n) is 8.01. The molecule has 2 atom stereocenters. The lowest BCUT2D eigenvalue weighted by molar-refractivity contribution is 0.709. The normalized spacial score (nSPS) is 25.5. The average Bonchev–Trinajstić information content (AvgIpc) is 2.78. The summed E-state index contributed by atoms with van der Waals surface area (Å²) in [5.74, 6) is 1.30. The van der Waals surface area contributed by atoms with Gasteiger partial charge >= 0.3 is 0 Å². The van der Waals surface area contributed by atoms with E-state index in [-0.39, 0.29) is 0 Å². The Morgan fingerprint density at radius 2 is 2.36 bits per heavy atom. The molecule has 0 aromatic carbocycles. The van der Waals surface area contributed by atoms with Crippen LogP contribution in [0.15, 0.2) is 18.3 Å². The molecule has 1 fully saturated rings. The summed E-state index contributed by atoms with van der Waals surface area (Å²) in [4.78, 5) is 8.61. The molecule has 72 valence electrons. The Balaban J connectivity index is 2.25. The summed E-state index contributed by atoms with van der Waals surface area (Å²) in [5.41, 5.74) is 7.68. The zero-order valence-corrected chi connectivity index (χ0v) is 8.01. The molecule has 0 aliphatic heterocycles. The molecule has 0 bridgehead atoms. The lowest BCUT2D eigenvalue weighted by Crippen LogP contribution is -2.02. The smallest absolute Gasteiger partial charge is 0.202 e. The first-order valence-electron chi connectivity index (χ1n) is 4.86. The first kappa shape index (κ1) is 7.79. The van der Waals surface area contributed by atoms with Crippen molar-refractivity contribution in [3.05, 3.63) is 18.3 Å². The van der Waals surface area contributed by atoms with Gasteiger partial charge in [0.05, 0.1) is 0 Å². The summed E-state index contributed by atoms with van der Waals surface area (Å²) in [7, 11) is 0. The van der Waals surface area contributed by atoms with Crippen LogP contribution in [0.4, 0.5) is 5.95 Å². The predicted molar refractivity (Wildman–Crippen MR) is 54.8 cm³/mol. The quantitative estimate of drug-likeness (QED) is 0.739. The van der Waals surface area contributed by atoms with E-state index in [0.29, 0.717) is 17.9 Å². The third-order valence-electron chi connectivity index (χ3n) is 2.87. The van der Waals surface area contributed by atoms with Crippen LogP contribution in [0.2, 0.25) is 0 Å². The van der Waals surface area contributed by atoms with Crippen molar-refractivity contribution in [1.29, 1.82) is 0 Å². The summed E-state index contributed by atoms with van der Waals surface area (Å²) in [6.07, 6.45) is 2.97. The maximum atomic E-state index is 5.87. The molecule has 3 rings (SSSR count). The van der Waals surface area contributed by atoms with Crippen LogP contribution in [0.1, 0.15) is 19.4 Å². The van der Waals surface area contributed by atoms with Crippen molar-refractivity contribution in [3.63, 3.8) is 0 Å². The number of imidazole rings is 1. The number of aromatic nitrogens is 3. The second kappa shape index (κ2) is 2.47. The Bertz CT molecular complexity index is 488. The van der Waals surface area contributed by atoms with Gasteiger partial charge in [0.15, 0.2) is 5.65 Å². The minimum Gasteiger partial charge on any atom is -0.369 e. The number of nitrogens with two attached hydrogens (primary N) is 1. The highest BCUT2D eigenvalue weighted by Crippen LogP contribution is 2.45. The number of fused-ring (bicyclic) bond motifs is 1. The van der Waals surface area contributed by atoms with Gasteiger partial charge in [0.25, 0.3) is 0 Å². The van der Waals surface area contributed by atoms with E-state index in [0.717, 1.165) is 11.2 Å². The molecular weight excluding hydrogens is 176 g/mol. The summed E-state index contributed by atoms with van der Waals surface area (Å²) in [6, 6.07) is 4.34. The van der Waals surface area contributed by atoms with Gasteiger partial charge in [-0.15, -0.1) is 0 Å². The maximum Gasteiger partial charge on any atom is 0.202 e. The molecule has 0 amide bonds.